The minimum Gasteiger partial charge on any atom is -0.496 e. The maximum absolute atomic E-state index is 12.1. The summed E-state index contributed by atoms with van der Waals surface area (Å²) < 4.78 is 34.6. The molecule has 0 amide bonds. The van der Waals surface area contributed by atoms with Crippen LogP contribution in [0.4, 0.5) is 8.78 Å². The van der Waals surface area contributed by atoms with Crippen LogP contribution in [-0.2, 0) is 0 Å². The van der Waals surface area contributed by atoms with Crippen LogP contribution in [0.1, 0.15) is 18.5 Å². The van der Waals surface area contributed by atoms with E-state index >= 15 is 0 Å². The molecule has 0 saturated heterocycles. The fraction of sp³-hybridized carbons (Fsp3) is 0.500. The van der Waals surface area contributed by atoms with Crippen molar-refractivity contribution >= 4 is 0 Å². The quantitative estimate of drug-likeness (QED) is 0.835. The van der Waals surface area contributed by atoms with Crippen LogP contribution in [0.15, 0.2) is 18.2 Å². The summed E-state index contributed by atoms with van der Waals surface area (Å²) >= 11 is 0. The van der Waals surface area contributed by atoms with Gasteiger partial charge in [0, 0.05) is 6.04 Å². The number of hydrogen-bond donors (Lipinski definition) is 1. The van der Waals surface area contributed by atoms with E-state index in [4.69, 9.17) is 9.47 Å². The zero-order valence-electron chi connectivity index (χ0n) is 10.2. The standard InChI is InChI=1S/C12H17F2NO2/c1-8(15-2)12-9(16-3)5-4-6-10(12)17-7-11(13)14/h4-6,8,11,15H,7H2,1-3H3. The van der Waals surface area contributed by atoms with Gasteiger partial charge in [0.1, 0.15) is 18.1 Å². The lowest BCUT2D eigenvalue weighted by molar-refractivity contribution is 0.0810. The second-order valence-corrected chi connectivity index (χ2v) is 3.58. The molecule has 0 heterocycles. The zero-order chi connectivity index (χ0) is 12.8. The van der Waals surface area contributed by atoms with Gasteiger partial charge in [0.25, 0.3) is 6.43 Å². The van der Waals surface area contributed by atoms with Crippen molar-refractivity contribution in [3.05, 3.63) is 23.8 Å². The molecule has 1 unspecified atom stereocenters. The van der Waals surface area contributed by atoms with Gasteiger partial charge in [-0.1, -0.05) is 6.07 Å². The number of rotatable bonds is 6. The summed E-state index contributed by atoms with van der Waals surface area (Å²) in [5, 5.41) is 3.04. The van der Waals surface area contributed by atoms with Gasteiger partial charge in [0.15, 0.2) is 0 Å². The van der Waals surface area contributed by atoms with Gasteiger partial charge >= 0.3 is 0 Å². The normalized spacial score (nSPS) is 12.6. The fourth-order valence-corrected chi connectivity index (χ4v) is 1.55. The van der Waals surface area contributed by atoms with Crippen molar-refractivity contribution in [3.8, 4) is 11.5 Å². The van der Waals surface area contributed by atoms with Gasteiger partial charge < -0.3 is 14.8 Å². The van der Waals surface area contributed by atoms with E-state index in [2.05, 4.69) is 5.32 Å². The van der Waals surface area contributed by atoms with E-state index < -0.39 is 13.0 Å². The van der Waals surface area contributed by atoms with Crippen molar-refractivity contribution in [1.82, 2.24) is 5.32 Å². The van der Waals surface area contributed by atoms with Crippen LogP contribution in [0.3, 0.4) is 0 Å². The maximum Gasteiger partial charge on any atom is 0.272 e. The lowest BCUT2D eigenvalue weighted by Gasteiger charge is -2.19. The molecular formula is C12H17F2NO2. The molecule has 1 atom stereocenters. The highest BCUT2D eigenvalue weighted by atomic mass is 19.3. The summed E-state index contributed by atoms with van der Waals surface area (Å²) in [6, 6.07) is 5.11. The molecule has 1 rings (SSSR count). The van der Waals surface area contributed by atoms with Crippen molar-refractivity contribution in [3.63, 3.8) is 0 Å². The molecule has 0 bridgehead atoms. The molecule has 0 aliphatic carbocycles. The van der Waals surface area contributed by atoms with Gasteiger partial charge in [-0.05, 0) is 26.1 Å². The Balaban J connectivity index is 3.01. The van der Waals surface area contributed by atoms with Crippen LogP contribution in [-0.4, -0.2) is 27.2 Å². The number of nitrogens with one attached hydrogen (secondary N) is 1. The highest BCUT2D eigenvalue weighted by Crippen LogP contribution is 2.33. The molecule has 0 radical (unpaired) electrons. The monoisotopic (exact) mass is 245 g/mol. The third-order valence-electron chi connectivity index (χ3n) is 2.48. The first-order valence-corrected chi connectivity index (χ1v) is 5.35. The highest BCUT2D eigenvalue weighted by molar-refractivity contribution is 5.46. The van der Waals surface area contributed by atoms with Gasteiger partial charge in [0.05, 0.1) is 12.7 Å². The largest absolute Gasteiger partial charge is 0.496 e. The first-order chi connectivity index (χ1) is 8.10. The molecule has 0 saturated carbocycles. The molecule has 1 N–H and O–H groups in total. The Morgan fingerprint density at radius 3 is 2.47 bits per heavy atom. The van der Waals surface area contributed by atoms with Crippen LogP contribution in [0.2, 0.25) is 0 Å². The smallest absolute Gasteiger partial charge is 0.272 e. The van der Waals surface area contributed by atoms with Gasteiger partial charge in [-0.3, -0.25) is 0 Å². The zero-order valence-corrected chi connectivity index (χ0v) is 10.2. The number of hydrogen-bond acceptors (Lipinski definition) is 3. The molecule has 5 heteroatoms. The van der Waals surface area contributed by atoms with E-state index in [9.17, 15) is 8.78 Å². The van der Waals surface area contributed by atoms with Gasteiger partial charge in [0.2, 0.25) is 0 Å². The van der Waals surface area contributed by atoms with Crippen LogP contribution in [0, 0.1) is 0 Å². The van der Waals surface area contributed by atoms with E-state index in [1.165, 1.54) is 7.11 Å². The number of alkyl halides is 2. The molecule has 0 fully saturated rings. The van der Waals surface area contributed by atoms with Gasteiger partial charge in [-0.15, -0.1) is 0 Å². The van der Waals surface area contributed by atoms with E-state index in [0.29, 0.717) is 11.5 Å². The third-order valence-corrected chi connectivity index (χ3v) is 2.48. The molecule has 17 heavy (non-hydrogen) atoms. The lowest BCUT2D eigenvalue weighted by Crippen LogP contribution is -2.16. The SMILES string of the molecule is CNC(C)c1c(OC)cccc1OCC(F)F. The molecule has 0 aromatic heterocycles. The van der Waals surface area contributed by atoms with E-state index in [0.717, 1.165) is 5.56 Å². The number of ether oxygens (including phenoxy) is 2. The van der Waals surface area contributed by atoms with Crippen LogP contribution in [0.25, 0.3) is 0 Å². The summed E-state index contributed by atoms with van der Waals surface area (Å²) in [5.74, 6) is 1.05. The predicted molar refractivity (Wildman–Crippen MR) is 62.0 cm³/mol. The second kappa shape index (κ2) is 6.39. The van der Waals surface area contributed by atoms with Crippen molar-refractivity contribution in [2.45, 2.75) is 19.4 Å². The van der Waals surface area contributed by atoms with Crippen LogP contribution >= 0.6 is 0 Å². The average Bonchev–Trinajstić information content (AvgIpc) is 2.34. The summed E-state index contributed by atoms with van der Waals surface area (Å²) in [7, 11) is 3.33. The Bertz CT molecular complexity index is 358. The Morgan fingerprint density at radius 1 is 1.29 bits per heavy atom. The predicted octanol–water partition coefficient (Wildman–Crippen LogP) is 2.62. The minimum atomic E-state index is -2.49. The van der Waals surface area contributed by atoms with Crippen molar-refractivity contribution in [2.75, 3.05) is 20.8 Å². The first-order valence-electron chi connectivity index (χ1n) is 5.35. The van der Waals surface area contributed by atoms with Crippen molar-refractivity contribution in [1.29, 1.82) is 0 Å². The second-order valence-electron chi connectivity index (χ2n) is 3.58. The number of benzene rings is 1. The average molecular weight is 245 g/mol. The molecular weight excluding hydrogens is 228 g/mol. The van der Waals surface area contributed by atoms with Crippen LogP contribution < -0.4 is 14.8 Å². The molecule has 0 spiro atoms. The van der Waals surface area contributed by atoms with Crippen LogP contribution in [0.5, 0.6) is 11.5 Å². The molecule has 0 aliphatic heterocycles. The summed E-state index contributed by atoms with van der Waals surface area (Å²) in [4.78, 5) is 0. The number of halogens is 2. The Labute approximate surface area is 99.7 Å². The molecule has 1 aromatic rings. The Morgan fingerprint density at radius 2 is 1.94 bits per heavy atom. The minimum absolute atomic E-state index is 0.0428. The third kappa shape index (κ3) is 3.56. The fourth-order valence-electron chi connectivity index (χ4n) is 1.55. The summed E-state index contributed by atoms with van der Waals surface area (Å²) in [6.45, 7) is 1.30. The highest BCUT2D eigenvalue weighted by Gasteiger charge is 2.16. The van der Waals surface area contributed by atoms with Crippen molar-refractivity contribution in [2.24, 2.45) is 0 Å². The molecule has 96 valence electrons. The number of methoxy groups -OCH3 is 1. The molecule has 3 nitrogen and oxygen atoms in total. The van der Waals surface area contributed by atoms with E-state index in [1.54, 1.807) is 25.2 Å². The summed E-state index contributed by atoms with van der Waals surface area (Å²) in [6.07, 6.45) is -2.49. The van der Waals surface area contributed by atoms with Crippen molar-refractivity contribution < 1.29 is 18.3 Å². The van der Waals surface area contributed by atoms with E-state index in [-0.39, 0.29) is 6.04 Å². The lowest BCUT2D eigenvalue weighted by atomic mass is 10.1. The maximum atomic E-state index is 12.1. The Hall–Kier alpha value is -1.36. The molecule has 1 aromatic carbocycles. The van der Waals surface area contributed by atoms with Gasteiger partial charge in [-0.2, -0.15) is 0 Å². The Kier molecular flexibility index (Phi) is 5.15. The first kappa shape index (κ1) is 13.7. The summed E-state index contributed by atoms with van der Waals surface area (Å²) in [5.41, 5.74) is 0.748. The molecule has 0 aliphatic rings. The topological polar surface area (TPSA) is 30.5 Å². The van der Waals surface area contributed by atoms with E-state index in [1.807, 2.05) is 6.92 Å². The van der Waals surface area contributed by atoms with Gasteiger partial charge in [-0.25, -0.2) is 8.78 Å².